The first-order valence-electron chi connectivity index (χ1n) is 10.6. The lowest BCUT2D eigenvalue weighted by atomic mass is 9.93. The molecule has 30 heavy (non-hydrogen) atoms. The highest BCUT2D eigenvalue weighted by Gasteiger charge is 2.30. The SMILES string of the molecule is Cc1c(C(=O)NC[C@@H]2CCCO2)oc2c1-c1nn(C(C)c3ccccn3)cc1CC2. The molecule has 2 atom stereocenters. The van der Waals surface area contributed by atoms with Gasteiger partial charge in [-0.2, -0.15) is 5.10 Å². The van der Waals surface area contributed by atoms with Crippen molar-refractivity contribution in [1.29, 1.82) is 0 Å². The van der Waals surface area contributed by atoms with Gasteiger partial charge in [0.1, 0.15) is 5.76 Å². The lowest BCUT2D eigenvalue weighted by molar-refractivity contribution is 0.0833. The third-order valence-electron chi connectivity index (χ3n) is 6.12. The molecule has 1 saturated heterocycles. The lowest BCUT2D eigenvalue weighted by Crippen LogP contribution is -2.31. The lowest BCUT2D eigenvalue weighted by Gasteiger charge is -2.11. The Bertz CT molecular complexity index is 1060. The van der Waals surface area contributed by atoms with Crippen molar-refractivity contribution in [2.24, 2.45) is 0 Å². The van der Waals surface area contributed by atoms with Crippen molar-refractivity contribution in [2.45, 2.75) is 51.7 Å². The third kappa shape index (κ3) is 3.33. The summed E-state index contributed by atoms with van der Waals surface area (Å²) >= 11 is 0. The minimum Gasteiger partial charge on any atom is -0.455 e. The van der Waals surface area contributed by atoms with Crippen LogP contribution in [0.1, 0.15) is 58.9 Å². The zero-order valence-corrected chi connectivity index (χ0v) is 17.4. The van der Waals surface area contributed by atoms with E-state index in [9.17, 15) is 4.79 Å². The van der Waals surface area contributed by atoms with Gasteiger partial charge in [0, 0.05) is 43.1 Å². The Morgan fingerprint density at radius 1 is 1.37 bits per heavy atom. The van der Waals surface area contributed by atoms with Crippen LogP contribution in [0.5, 0.6) is 0 Å². The summed E-state index contributed by atoms with van der Waals surface area (Å²) in [6, 6.07) is 5.94. The number of hydrogen-bond acceptors (Lipinski definition) is 5. The minimum atomic E-state index is -0.180. The third-order valence-corrected chi connectivity index (χ3v) is 6.12. The number of hydrogen-bond donors (Lipinski definition) is 1. The first kappa shape index (κ1) is 19.1. The molecule has 7 nitrogen and oxygen atoms in total. The summed E-state index contributed by atoms with van der Waals surface area (Å²) in [6.45, 7) is 5.33. The smallest absolute Gasteiger partial charge is 0.287 e. The summed E-state index contributed by atoms with van der Waals surface area (Å²) in [4.78, 5) is 17.2. The average molecular weight is 406 g/mol. The van der Waals surface area contributed by atoms with Gasteiger partial charge in [0.2, 0.25) is 0 Å². The van der Waals surface area contributed by atoms with Crippen molar-refractivity contribution in [3.8, 4) is 11.3 Å². The monoisotopic (exact) mass is 406 g/mol. The van der Waals surface area contributed by atoms with E-state index in [1.54, 1.807) is 6.20 Å². The summed E-state index contributed by atoms with van der Waals surface area (Å²) in [6.07, 6.45) is 7.66. The molecule has 1 amide bonds. The van der Waals surface area contributed by atoms with E-state index in [0.717, 1.165) is 60.6 Å². The molecule has 4 heterocycles. The van der Waals surface area contributed by atoms with Gasteiger partial charge in [-0.15, -0.1) is 0 Å². The fraction of sp³-hybridized carbons (Fsp3) is 0.435. The van der Waals surface area contributed by atoms with Crippen LogP contribution in [-0.2, 0) is 17.6 Å². The van der Waals surface area contributed by atoms with Crippen molar-refractivity contribution >= 4 is 5.91 Å². The largest absolute Gasteiger partial charge is 0.455 e. The molecule has 0 saturated carbocycles. The van der Waals surface area contributed by atoms with Crippen molar-refractivity contribution in [3.05, 3.63) is 58.9 Å². The topological polar surface area (TPSA) is 82.2 Å². The molecular weight excluding hydrogens is 380 g/mol. The summed E-state index contributed by atoms with van der Waals surface area (Å²) in [5.74, 6) is 1.05. The Labute approximate surface area is 175 Å². The Kier molecular flexibility index (Phi) is 4.90. The quantitative estimate of drug-likeness (QED) is 0.702. The predicted octanol–water partition coefficient (Wildman–Crippen LogP) is 3.46. The highest BCUT2D eigenvalue weighted by atomic mass is 16.5. The maximum absolute atomic E-state index is 12.8. The number of aromatic nitrogens is 3. The zero-order chi connectivity index (χ0) is 20.7. The van der Waals surface area contributed by atoms with Crippen molar-refractivity contribution in [1.82, 2.24) is 20.1 Å². The molecular formula is C23H26N4O3. The van der Waals surface area contributed by atoms with Gasteiger partial charge in [0.15, 0.2) is 5.76 Å². The van der Waals surface area contributed by atoms with Gasteiger partial charge in [-0.3, -0.25) is 14.5 Å². The van der Waals surface area contributed by atoms with Crippen LogP contribution in [0, 0.1) is 6.92 Å². The normalized spacial score (nSPS) is 18.7. The molecule has 5 rings (SSSR count). The zero-order valence-electron chi connectivity index (χ0n) is 17.4. The molecule has 0 spiro atoms. The number of aryl methyl sites for hydroxylation is 2. The van der Waals surface area contributed by atoms with E-state index < -0.39 is 0 Å². The van der Waals surface area contributed by atoms with E-state index in [0.29, 0.717) is 12.3 Å². The number of amides is 1. The summed E-state index contributed by atoms with van der Waals surface area (Å²) < 4.78 is 13.6. The van der Waals surface area contributed by atoms with E-state index in [-0.39, 0.29) is 18.1 Å². The van der Waals surface area contributed by atoms with Crippen LogP contribution in [0.4, 0.5) is 0 Å². The van der Waals surface area contributed by atoms with E-state index in [4.69, 9.17) is 14.3 Å². The number of furan rings is 1. The highest BCUT2D eigenvalue weighted by Crippen LogP contribution is 2.39. The van der Waals surface area contributed by atoms with E-state index >= 15 is 0 Å². The number of fused-ring (bicyclic) bond motifs is 3. The molecule has 1 N–H and O–H groups in total. The molecule has 3 aromatic heterocycles. The van der Waals surface area contributed by atoms with Gasteiger partial charge in [-0.25, -0.2) is 0 Å². The number of nitrogens with one attached hydrogen (secondary N) is 1. The molecule has 1 unspecified atom stereocenters. The molecule has 3 aromatic rings. The van der Waals surface area contributed by atoms with Crippen LogP contribution in [0.15, 0.2) is 35.0 Å². The van der Waals surface area contributed by atoms with Crippen LogP contribution < -0.4 is 5.32 Å². The van der Waals surface area contributed by atoms with Gasteiger partial charge in [0.25, 0.3) is 5.91 Å². The van der Waals surface area contributed by atoms with Gasteiger partial charge in [-0.1, -0.05) is 6.07 Å². The van der Waals surface area contributed by atoms with Crippen LogP contribution >= 0.6 is 0 Å². The van der Waals surface area contributed by atoms with Crippen LogP contribution in [0.2, 0.25) is 0 Å². The van der Waals surface area contributed by atoms with Gasteiger partial charge < -0.3 is 14.5 Å². The number of rotatable bonds is 5. The number of carbonyl (C=O) groups excluding carboxylic acids is 1. The molecule has 0 aromatic carbocycles. The fourth-order valence-electron chi connectivity index (χ4n) is 4.40. The van der Waals surface area contributed by atoms with Gasteiger partial charge in [0.05, 0.1) is 23.5 Å². The summed E-state index contributed by atoms with van der Waals surface area (Å²) in [7, 11) is 0. The first-order valence-corrected chi connectivity index (χ1v) is 10.6. The Balaban J connectivity index is 1.41. The number of ether oxygens (including phenoxy) is 1. The Morgan fingerprint density at radius 3 is 3.03 bits per heavy atom. The number of carbonyl (C=O) groups is 1. The molecule has 7 heteroatoms. The first-order chi connectivity index (χ1) is 14.6. The maximum atomic E-state index is 12.8. The standard InChI is InChI=1S/C23H26N4O3/c1-14-20-19(30-22(14)23(28)25-12-17-6-5-11-29-17)9-8-16-13-27(26-21(16)20)15(2)18-7-3-4-10-24-18/h3-4,7,10,13,15,17H,5-6,8-9,11-12H2,1-2H3,(H,25,28)/t15?,17-/m0/s1. The molecule has 0 radical (unpaired) electrons. The Morgan fingerprint density at radius 2 is 2.27 bits per heavy atom. The highest BCUT2D eigenvalue weighted by molar-refractivity contribution is 5.95. The van der Waals surface area contributed by atoms with Crippen LogP contribution in [0.3, 0.4) is 0 Å². The van der Waals surface area contributed by atoms with Crippen molar-refractivity contribution in [2.75, 3.05) is 13.2 Å². The Hall–Kier alpha value is -2.93. The van der Waals surface area contributed by atoms with E-state index in [1.807, 2.05) is 29.8 Å². The second kappa shape index (κ2) is 7.72. The second-order valence-electron chi connectivity index (χ2n) is 8.11. The van der Waals surface area contributed by atoms with Crippen LogP contribution in [-0.4, -0.2) is 39.9 Å². The predicted molar refractivity (Wildman–Crippen MR) is 111 cm³/mol. The molecule has 1 aliphatic heterocycles. The van der Waals surface area contributed by atoms with Gasteiger partial charge >= 0.3 is 0 Å². The second-order valence-corrected chi connectivity index (χ2v) is 8.11. The summed E-state index contributed by atoms with van der Waals surface area (Å²) in [5, 5.41) is 7.84. The number of nitrogens with zero attached hydrogens (tertiary/aromatic N) is 3. The molecule has 156 valence electrons. The van der Waals surface area contributed by atoms with Crippen LogP contribution in [0.25, 0.3) is 11.3 Å². The van der Waals surface area contributed by atoms with E-state index in [2.05, 4.69) is 23.4 Å². The molecule has 0 bridgehead atoms. The molecule has 1 fully saturated rings. The van der Waals surface area contributed by atoms with E-state index in [1.165, 1.54) is 5.56 Å². The average Bonchev–Trinajstić information content (AvgIpc) is 3.50. The molecule has 1 aliphatic carbocycles. The van der Waals surface area contributed by atoms with Crippen molar-refractivity contribution < 1.29 is 13.9 Å². The summed E-state index contributed by atoms with van der Waals surface area (Å²) in [5.41, 5.74) is 4.88. The maximum Gasteiger partial charge on any atom is 0.287 e. The number of pyridine rings is 1. The minimum absolute atomic E-state index is 0.0293. The molecule has 2 aliphatic rings. The van der Waals surface area contributed by atoms with Gasteiger partial charge in [-0.05, 0) is 50.8 Å². The van der Waals surface area contributed by atoms with Crippen molar-refractivity contribution in [3.63, 3.8) is 0 Å². The fourth-order valence-corrected chi connectivity index (χ4v) is 4.40.